The van der Waals surface area contributed by atoms with E-state index in [1.807, 2.05) is 26.0 Å². The highest BCUT2D eigenvalue weighted by Crippen LogP contribution is 2.16. The summed E-state index contributed by atoms with van der Waals surface area (Å²) < 4.78 is 12.3. The molecule has 0 radical (unpaired) electrons. The number of nitrogens with one attached hydrogen (secondary N) is 1. The van der Waals surface area contributed by atoms with Gasteiger partial charge in [-0.05, 0) is 45.4 Å². The summed E-state index contributed by atoms with van der Waals surface area (Å²) in [5.74, 6) is -1.03. The molecule has 0 fully saturated rings. The number of esters is 1. The molecule has 7 heteroatoms. The number of Topliss-reactive ketones (excluding diaryl/α,β-unsaturated/α-hetero) is 1. The molecule has 162 valence electrons. The fourth-order valence-corrected chi connectivity index (χ4v) is 3.27. The van der Waals surface area contributed by atoms with Crippen LogP contribution in [0.15, 0.2) is 36.4 Å². The molecule has 1 atom stereocenters. The predicted octanol–water partition coefficient (Wildman–Crippen LogP) is 3.08. The van der Waals surface area contributed by atoms with Crippen LogP contribution in [0, 0.1) is 13.8 Å². The van der Waals surface area contributed by atoms with Gasteiger partial charge < -0.3 is 19.4 Å². The Morgan fingerprint density at radius 3 is 2.50 bits per heavy atom. The molecule has 0 saturated carbocycles. The van der Waals surface area contributed by atoms with Crippen LogP contribution in [0.5, 0.6) is 0 Å². The molecule has 1 N–H and O–H groups in total. The molecule has 0 spiro atoms. The maximum atomic E-state index is 12.5. The van der Waals surface area contributed by atoms with Gasteiger partial charge in [0, 0.05) is 48.8 Å². The van der Waals surface area contributed by atoms with Crippen LogP contribution in [0.25, 0.3) is 0 Å². The van der Waals surface area contributed by atoms with Gasteiger partial charge in [0.25, 0.3) is 5.91 Å². The molecule has 2 rings (SSSR count). The molecule has 0 bridgehead atoms. The number of aromatic nitrogens is 1. The Kier molecular flexibility index (Phi) is 8.80. The van der Waals surface area contributed by atoms with Crippen molar-refractivity contribution in [2.45, 2.75) is 46.2 Å². The highest BCUT2D eigenvalue weighted by atomic mass is 16.5. The van der Waals surface area contributed by atoms with E-state index in [2.05, 4.69) is 9.88 Å². The van der Waals surface area contributed by atoms with Crippen molar-refractivity contribution in [2.75, 3.05) is 20.3 Å². The summed E-state index contributed by atoms with van der Waals surface area (Å²) >= 11 is 0. The van der Waals surface area contributed by atoms with E-state index in [-0.39, 0.29) is 24.7 Å². The van der Waals surface area contributed by atoms with Gasteiger partial charge >= 0.3 is 5.97 Å². The summed E-state index contributed by atoms with van der Waals surface area (Å²) in [6.07, 6.45) is 0.837. The topological polar surface area (TPSA) is 86.6 Å². The lowest BCUT2D eigenvalue weighted by Crippen LogP contribution is -2.34. The second kappa shape index (κ2) is 11.3. The lowest BCUT2D eigenvalue weighted by atomic mass is 10.1. The SMILES string of the molecule is COCCCn1c(C)cc(C(=O)COC(=O)CC(C)NC(=O)c2ccccc2)c1C. The zero-order chi connectivity index (χ0) is 22.1. The van der Waals surface area contributed by atoms with Gasteiger partial charge in [0.05, 0.1) is 6.42 Å². The fraction of sp³-hybridized carbons (Fsp3) is 0.435. The van der Waals surface area contributed by atoms with Crippen LogP contribution in [0.4, 0.5) is 0 Å². The molecule has 1 amide bonds. The number of ether oxygens (including phenoxy) is 2. The molecule has 1 unspecified atom stereocenters. The van der Waals surface area contributed by atoms with E-state index in [1.54, 1.807) is 38.3 Å². The summed E-state index contributed by atoms with van der Waals surface area (Å²) in [6.45, 7) is 6.64. The third-order valence-electron chi connectivity index (χ3n) is 4.85. The average Bonchev–Trinajstić information content (AvgIpc) is 3.01. The van der Waals surface area contributed by atoms with Gasteiger partial charge in [-0.1, -0.05) is 18.2 Å². The first kappa shape index (κ1) is 23.3. The van der Waals surface area contributed by atoms with Crippen molar-refractivity contribution in [1.82, 2.24) is 9.88 Å². The minimum atomic E-state index is -0.530. The highest BCUT2D eigenvalue weighted by molar-refractivity contribution is 5.99. The van der Waals surface area contributed by atoms with Crippen LogP contribution >= 0.6 is 0 Å². The lowest BCUT2D eigenvalue weighted by Gasteiger charge is -2.13. The molecule has 0 aliphatic rings. The molecule has 0 aliphatic heterocycles. The van der Waals surface area contributed by atoms with Crippen LogP contribution in [0.1, 0.15) is 51.9 Å². The minimum Gasteiger partial charge on any atom is -0.457 e. The van der Waals surface area contributed by atoms with Crippen molar-refractivity contribution in [3.8, 4) is 0 Å². The lowest BCUT2D eigenvalue weighted by molar-refractivity contribution is -0.142. The first-order valence-corrected chi connectivity index (χ1v) is 10.0. The van der Waals surface area contributed by atoms with Gasteiger partial charge in [-0.3, -0.25) is 14.4 Å². The van der Waals surface area contributed by atoms with E-state index < -0.39 is 12.0 Å². The molecule has 7 nitrogen and oxygen atoms in total. The van der Waals surface area contributed by atoms with Crippen molar-refractivity contribution < 1.29 is 23.9 Å². The summed E-state index contributed by atoms with van der Waals surface area (Å²) in [4.78, 5) is 36.7. The molecule has 0 aliphatic carbocycles. The number of benzene rings is 1. The van der Waals surface area contributed by atoms with Crippen molar-refractivity contribution in [1.29, 1.82) is 0 Å². The van der Waals surface area contributed by atoms with Gasteiger partial charge in [0.1, 0.15) is 0 Å². The Labute approximate surface area is 177 Å². The monoisotopic (exact) mass is 414 g/mol. The normalized spacial score (nSPS) is 11.7. The number of aryl methyl sites for hydroxylation is 1. The Bertz CT molecular complexity index is 873. The molecule has 1 aromatic carbocycles. The number of rotatable bonds is 11. The van der Waals surface area contributed by atoms with Gasteiger partial charge in [0.15, 0.2) is 6.61 Å². The first-order valence-electron chi connectivity index (χ1n) is 10.0. The van der Waals surface area contributed by atoms with Crippen LogP contribution < -0.4 is 5.32 Å². The van der Waals surface area contributed by atoms with Gasteiger partial charge in [-0.25, -0.2) is 0 Å². The molecule has 1 aromatic heterocycles. The summed E-state index contributed by atoms with van der Waals surface area (Å²) in [5.41, 5.74) is 2.92. The third-order valence-corrected chi connectivity index (χ3v) is 4.85. The summed E-state index contributed by atoms with van der Waals surface area (Å²) in [5, 5.41) is 2.75. The van der Waals surface area contributed by atoms with Gasteiger partial charge in [0.2, 0.25) is 5.78 Å². The number of amides is 1. The standard InChI is InChI=1S/C23H30N2O5/c1-16(24-23(28)19-9-6-5-7-10-19)13-22(27)30-15-21(26)20-14-17(2)25(18(20)3)11-8-12-29-4/h5-7,9-10,14,16H,8,11-13,15H2,1-4H3,(H,24,28). The van der Waals surface area contributed by atoms with Crippen LogP contribution in [0.2, 0.25) is 0 Å². The molecule has 0 saturated heterocycles. The zero-order valence-corrected chi connectivity index (χ0v) is 18.1. The number of methoxy groups -OCH3 is 1. The first-order chi connectivity index (χ1) is 14.3. The number of hydrogen-bond acceptors (Lipinski definition) is 5. The average molecular weight is 415 g/mol. The van der Waals surface area contributed by atoms with E-state index in [9.17, 15) is 14.4 Å². The Hall–Kier alpha value is -2.93. The van der Waals surface area contributed by atoms with E-state index in [0.29, 0.717) is 17.7 Å². The van der Waals surface area contributed by atoms with E-state index in [0.717, 1.165) is 24.4 Å². The second-order valence-electron chi connectivity index (χ2n) is 7.31. The maximum Gasteiger partial charge on any atom is 0.308 e. The quantitative estimate of drug-likeness (QED) is 0.347. The van der Waals surface area contributed by atoms with Crippen LogP contribution in [-0.4, -0.2) is 48.6 Å². The number of hydrogen-bond donors (Lipinski definition) is 1. The number of nitrogens with zero attached hydrogens (tertiary/aromatic N) is 1. The molecule has 1 heterocycles. The maximum absolute atomic E-state index is 12.5. The minimum absolute atomic E-state index is 0.0120. The molecular weight excluding hydrogens is 384 g/mol. The van der Waals surface area contributed by atoms with E-state index in [1.165, 1.54) is 0 Å². The van der Waals surface area contributed by atoms with Crippen molar-refractivity contribution in [2.24, 2.45) is 0 Å². The van der Waals surface area contributed by atoms with E-state index >= 15 is 0 Å². The largest absolute Gasteiger partial charge is 0.457 e. The Morgan fingerprint density at radius 1 is 1.13 bits per heavy atom. The Morgan fingerprint density at radius 2 is 1.83 bits per heavy atom. The fourth-order valence-electron chi connectivity index (χ4n) is 3.27. The smallest absolute Gasteiger partial charge is 0.308 e. The molecule has 2 aromatic rings. The second-order valence-corrected chi connectivity index (χ2v) is 7.31. The van der Waals surface area contributed by atoms with Crippen LogP contribution in [-0.2, 0) is 20.8 Å². The third kappa shape index (κ3) is 6.56. The highest BCUT2D eigenvalue weighted by Gasteiger charge is 2.19. The predicted molar refractivity (Wildman–Crippen MR) is 114 cm³/mol. The van der Waals surface area contributed by atoms with Crippen molar-refractivity contribution >= 4 is 17.7 Å². The summed E-state index contributed by atoms with van der Waals surface area (Å²) in [7, 11) is 1.66. The number of carbonyl (C=O) groups is 3. The van der Waals surface area contributed by atoms with E-state index in [4.69, 9.17) is 9.47 Å². The van der Waals surface area contributed by atoms with Gasteiger partial charge in [-0.2, -0.15) is 0 Å². The molecule has 30 heavy (non-hydrogen) atoms. The zero-order valence-electron chi connectivity index (χ0n) is 18.1. The number of carbonyl (C=O) groups excluding carboxylic acids is 3. The summed E-state index contributed by atoms with van der Waals surface area (Å²) in [6, 6.07) is 10.2. The van der Waals surface area contributed by atoms with Crippen molar-refractivity contribution in [3.63, 3.8) is 0 Å². The van der Waals surface area contributed by atoms with Gasteiger partial charge in [-0.15, -0.1) is 0 Å². The van der Waals surface area contributed by atoms with Crippen LogP contribution in [0.3, 0.4) is 0 Å². The molecular formula is C23H30N2O5. The number of ketones is 1. The van der Waals surface area contributed by atoms with Crippen molar-refractivity contribution in [3.05, 3.63) is 58.9 Å². The Balaban J connectivity index is 1.83.